The van der Waals surface area contributed by atoms with Crippen molar-refractivity contribution in [2.75, 3.05) is 13.1 Å². The van der Waals surface area contributed by atoms with Crippen LogP contribution >= 0.6 is 0 Å². The Kier molecular flexibility index (Phi) is 3.14. The summed E-state index contributed by atoms with van der Waals surface area (Å²) in [6.45, 7) is 3.51. The lowest BCUT2D eigenvalue weighted by atomic mass is 9.94. The molecule has 5 nitrogen and oxygen atoms in total. The van der Waals surface area contributed by atoms with Crippen LogP contribution in [0, 0.1) is 5.92 Å². The van der Waals surface area contributed by atoms with Gasteiger partial charge >= 0.3 is 0 Å². The van der Waals surface area contributed by atoms with E-state index in [1.807, 2.05) is 4.90 Å². The van der Waals surface area contributed by atoms with Crippen LogP contribution in [0.15, 0.2) is 18.7 Å². The zero-order valence-electron chi connectivity index (χ0n) is 9.34. The van der Waals surface area contributed by atoms with Gasteiger partial charge in [0.25, 0.3) is 5.91 Å². The van der Waals surface area contributed by atoms with Crippen molar-refractivity contribution in [1.82, 2.24) is 14.9 Å². The summed E-state index contributed by atoms with van der Waals surface area (Å²) in [6, 6.07) is 0.205. The van der Waals surface area contributed by atoms with Crippen LogP contribution in [0.3, 0.4) is 0 Å². The molecule has 86 valence electrons. The zero-order valence-corrected chi connectivity index (χ0v) is 9.34. The predicted molar refractivity (Wildman–Crippen MR) is 59.7 cm³/mol. The van der Waals surface area contributed by atoms with Gasteiger partial charge in [-0.1, -0.05) is 6.92 Å². The maximum Gasteiger partial charge on any atom is 0.257 e. The minimum Gasteiger partial charge on any atom is -0.338 e. The van der Waals surface area contributed by atoms with Crippen molar-refractivity contribution in [2.45, 2.75) is 19.4 Å². The second-order valence-electron chi connectivity index (χ2n) is 4.31. The van der Waals surface area contributed by atoms with Crippen molar-refractivity contribution in [3.05, 3.63) is 24.3 Å². The highest BCUT2D eigenvalue weighted by molar-refractivity contribution is 5.93. The van der Waals surface area contributed by atoms with Gasteiger partial charge in [0.2, 0.25) is 0 Å². The molecule has 1 amide bonds. The first-order chi connectivity index (χ1) is 7.68. The van der Waals surface area contributed by atoms with Crippen LogP contribution in [0.1, 0.15) is 23.7 Å². The van der Waals surface area contributed by atoms with E-state index in [-0.39, 0.29) is 11.9 Å². The number of hydrogen-bond donors (Lipinski definition) is 1. The van der Waals surface area contributed by atoms with E-state index in [1.165, 1.54) is 6.33 Å². The summed E-state index contributed by atoms with van der Waals surface area (Å²) in [6.07, 6.45) is 5.38. The van der Waals surface area contributed by atoms with Crippen molar-refractivity contribution in [3.63, 3.8) is 0 Å². The number of nitrogens with two attached hydrogens (primary N) is 1. The lowest BCUT2D eigenvalue weighted by Crippen LogP contribution is -2.48. The molecule has 2 N–H and O–H groups in total. The Labute approximate surface area is 94.7 Å². The molecule has 1 aromatic rings. The zero-order chi connectivity index (χ0) is 11.5. The molecule has 1 saturated heterocycles. The van der Waals surface area contributed by atoms with Crippen molar-refractivity contribution in [1.29, 1.82) is 0 Å². The van der Waals surface area contributed by atoms with Gasteiger partial charge in [-0.15, -0.1) is 0 Å². The molecule has 0 saturated carbocycles. The second-order valence-corrected chi connectivity index (χ2v) is 4.31. The summed E-state index contributed by atoms with van der Waals surface area (Å²) >= 11 is 0. The van der Waals surface area contributed by atoms with Crippen molar-refractivity contribution in [2.24, 2.45) is 11.7 Å². The molecule has 0 spiro atoms. The fourth-order valence-electron chi connectivity index (χ4n) is 1.94. The summed E-state index contributed by atoms with van der Waals surface area (Å²) in [5.41, 5.74) is 6.46. The molecule has 0 aliphatic carbocycles. The SMILES string of the molecule is CC1CN(C(=O)c2cncnc2)CCC1N. The lowest BCUT2D eigenvalue weighted by Gasteiger charge is -2.35. The van der Waals surface area contributed by atoms with E-state index in [4.69, 9.17) is 5.73 Å². The number of amides is 1. The molecule has 1 aliphatic rings. The molecule has 0 bridgehead atoms. The number of rotatable bonds is 1. The standard InChI is InChI=1S/C11H16N4O/c1-8-6-15(3-2-10(8)12)11(16)9-4-13-7-14-5-9/h4-5,7-8,10H,2-3,6,12H2,1H3. The fourth-order valence-corrected chi connectivity index (χ4v) is 1.94. The number of likely N-dealkylation sites (tertiary alicyclic amines) is 1. The first-order valence-corrected chi connectivity index (χ1v) is 5.48. The van der Waals surface area contributed by atoms with Crippen LogP contribution in [0.25, 0.3) is 0 Å². The van der Waals surface area contributed by atoms with E-state index in [1.54, 1.807) is 12.4 Å². The summed E-state index contributed by atoms with van der Waals surface area (Å²) in [4.78, 5) is 21.6. The summed E-state index contributed by atoms with van der Waals surface area (Å²) in [5.74, 6) is 0.349. The van der Waals surface area contributed by atoms with Gasteiger partial charge in [0.1, 0.15) is 6.33 Å². The van der Waals surface area contributed by atoms with E-state index < -0.39 is 0 Å². The molecule has 2 heterocycles. The molecular weight excluding hydrogens is 204 g/mol. The highest BCUT2D eigenvalue weighted by Crippen LogP contribution is 2.16. The van der Waals surface area contributed by atoms with Crippen LogP contribution in [0.2, 0.25) is 0 Å². The molecule has 5 heteroatoms. The molecule has 2 rings (SSSR count). The van der Waals surface area contributed by atoms with Crippen LogP contribution in [-0.4, -0.2) is 39.9 Å². The number of carbonyl (C=O) groups is 1. The topological polar surface area (TPSA) is 72.1 Å². The van der Waals surface area contributed by atoms with Gasteiger partial charge in [-0.05, 0) is 12.3 Å². The monoisotopic (exact) mass is 220 g/mol. The summed E-state index contributed by atoms with van der Waals surface area (Å²) < 4.78 is 0. The number of nitrogens with zero attached hydrogens (tertiary/aromatic N) is 3. The third kappa shape index (κ3) is 2.19. The lowest BCUT2D eigenvalue weighted by molar-refractivity contribution is 0.0663. The third-order valence-electron chi connectivity index (χ3n) is 3.07. The average Bonchev–Trinajstić information content (AvgIpc) is 2.33. The molecule has 1 fully saturated rings. The Morgan fingerprint density at radius 3 is 2.81 bits per heavy atom. The first kappa shape index (κ1) is 11.0. The van der Waals surface area contributed by atoms with Crippen molar-refractivity contribution < 1.29 is 4.79 Å². The Balaban J connectivity index is 2.06. The molecular formula is C11H16N4O. The van der Waals surface area contributed by atoms with Gasteiger partial charge in [-0.3, -0.25) is 4.79 Å². The van der Waals surface area contributed by atoms with Crippen LogP contribution in [0.4, 0.5) is 0 Å². The Bertz CT molecular complexity index is 368. The quantitative estimate of drug-likeness (QED) is 0.738. The summed E-state index contributed by atoms with van der Waals surface area (Å²) in [7, 11) is 0. The number of hydrogen-bond acceptors (Lipinski definition) is 4. The fraction of sp³-hybridized carbons (Fsp3) is 0.545. The number of piperidine rings is 1. The van der Waals surface area contributed by atoms with E-state index in [0.717, 1.165) is 19.5 Å². The van der Waals surface area contributed by atoms with Crippen molar-refractivity contribution in [3.8, 4) is 0 Å². The van der Waals surface area contributed by atoms with E-state index >= 15 is 0 Å². The Hall–Kier alpha value is -1.49. The normalized spacial score (nSPS) is 25.5. The molecule has 1 aliphatic heterocycles. The average molecular weight is 220 g/mol. The molecule has 1 aromatic heterocycles. The predicted octanol–water partition coefficient (Wildman–Crippen LogP) is 0.286. The van der Waals surface area contributed by atoms with Crippen molar-refractivity contribution >= 4 is 5.91 Å². The van der Waals surface area contributed by atoms with Gasteiger partial charge in [-0.25, -0.2) is 9.97 Å². The molecule has 2 atom stereocenters. The molecule has 0 radical (unpaired) electrons. The smallest absolute Gasteiger partial charge is 0.257 e. The molecule has 0 aromatic carbocycles. The minimum absolute atomic E-state index is 0.000602. The Morgan fingerprint density at radius 2 is 2.19 bits per heavy atom. The van der Waals surface area contributed by atoms with Crippen LogP contribution in [0.5, 0.6) is 0 Å². The summed E-state index contributed by atoms with van der Waals surface area (Å²) in [5, 5.41) is 0. The minimum atomic E-state index is -0.000602. The Morgan fingerprint density at radius 1 is 1.50 bits per heavy atom. The highest BCUT2D eigenvalue weighted by atomic mass is 16.2. The van der Waals surface area contributed by atoms with E-state index in [9.17, 15) is 4.79 Å². The van der Waals surface area contributed by atoms with Gasteiger partial charge in [0.05, 0.1) is 5.56 Å². The molecule has 16 heavy (non-hydrogen) atoms. The third-order valence-corrected chi connectivity index (χ3v) is 3.07. The maximum absolute atomic E-state index is 12.1. The first-order valence-electron chi connectivity index (χ1n) is 5.48. The number of carbonyl (C=O) groups excluding carboxylic acids is 1. The van der Waals surface area contributed by atoms with Gasteiger partial charge in [0.15, 0.2) is 0 Å². The van der Waals surface area contributed by atoms with E-state index in [2.05, 4.69) is 16.9 Å². The van der Waals surface area contributed by atoms with Crippen LogP contribution < -0.4 is 5.73 Å². The second kappa shape index (κ2) is 4.57. The number of aromatic nitrogens is 2. The largest absolute Gasteiger partial charge is 0.338 e. The van der Waals surface area contributed by atoms with Crippen LogP contribution in [-0.2, 0) is 0 Å². The molecule has 2 unspecified atom stereocenters. The van der Waals surface area contributed by atoms with Gasteiger partial charge < -0.3 is 10.6 Å². The highest BCUT2D eigenvalue weighted by Gasteiger charge is 2.26. The van der Waals surface area contributed by atoms with Gasteiger partial charge in [-0.2, -0.15) is 0 Å². The van der Waals surface area contributed by atoms with Gasteiger partial charge in [0, 0.05) is 31.5 Å². The maximum atomic E-state index is 12.1. The van der Waals surface area contributed by atoms with E-state index in [0.29, 0.717) is 11.5 Å².